The number of hydrogen-bond donors (Lipinski definition) is 0. The van der Waals surface area contributed by atoms with Gasteiger partial charge in [0.1, 0.15) is 0 Å². The maximum absolute atomic E-state index is 9.62. The second kappa shape index (κ2) is 49.5. The van der Waals surface area contributed by atoms with Gasteiger partial charge in [-0.1, -0.05) is 41.5 Å². The van der Waals surface area contributed by atoms with Crippen molar-refractivity contribution in [2.24, 2.45) is 0 Å². The van der Waals surface area contributed by atoms with Gasteiger partial charge in [0.15, 0.2) is 0 Å². The Labute approximate surface area is 173 Å². The summed E-state index contributed by atoms with van der Waals surface area (Å²) in [7, 11) is 0. The molecule has 1 radical (unpaired) electrons. The number of hydrogen-bond acceptors (Lipinski definition) is 0. The largest absolute Gasteiger partial charge is 4.00 e. The number of nitrogens with zero attached hydrogens (tertiary/aromatic N) is 3. The van der Waals surface area contributed by atoms with E-state index in [0.717, 1.165) is 45.7 Å². The maximum atomic E-state index is 9.62. The zero-order valence-electron chi connectivity index (χ0n) is 16.1. The first-order chi connectivity index (χ1) is 10.7. The van der Waals surface area contributed by atoms with E-state index >= 15 is 0 Å². The number of rotatable bonds is 6. The molecule has 0 aliphatic heterocycles. The van der Waals surface area contributed by atoms with Gasteiger partial charge in [0.2, 0.25) is 0 Å². The van der Waals surface area contributed by atoms with Crippen LogP contribution in [0.5, 0.6) is 0 Å². The van der Waals surface area contributed by atoms with Crippen LogP contribution < -0.4 is 0 Å². The van der Waals surface area contributed by atoms with E-state index in [9.17, 15) is 3.50 Å². The molecule has 0 spiro atoms. The minimum atomic E-state index is -0.125. The second-order valence-electron chi connectivity index (χ2n) is 3.57. The molecule has 0 fully saturated rings. The molecule has 0 bridgehead atoms. The van der Waals surface area contributed by atoms with Crippen LogP contribution in [0.4, 0.5) is 3.50 Å². The molecule has 3 nitrogen and oxygen atoms in total. The molecule has 23 heavy (non-hydrogen) atoms. The van der Waals surface area contributed by atoms with E-state index < -0.39 is 0 Å². The van der Waals surface area contributed by atoms with E-state index in [4.69, 9.17) is 0 Å². The first kappa shape index (κ1) is 34.9. The Hall–Kier alpha value is 0.716. The molecule has 6 heteroatoms. The van der Waals surface area contributed by atoms with Gasteiger partial charge in [-0.15, -0.1) is 6.42 Å². The summed E-state index contributed by atoms with van der Waals surface area (Å²) >= 11 is -0.125. The van der Waals surface area contributed by atoms with Crippen molar-refractivity contribution in [2.75, 3.05) is 39.3 Å². The third kappa shape index (κ3) is 71.0. The van der Waals surface area contributed by atoms with Crippen molar-refractivity contribution < 1.29 is 29.7 Å². The molecule has 0 aromatic heterocycles. The molecule has 0 unspecified atom stereocenters. The van der Waals surface area contributed by atoms with Crippen LogP contribution >= 0.6 is 0 Å². The van der Waals surface area contributed by atoms with E-state index in [-0.39, 0.29) is 43.2 Å². The quantitative estimate of drug-likeness (QED) is 0.391. The average molecular weight is 466 g/mol. The molecule has 0 heterocycles. The number of allylic oxidation sites excluding steroid dienone is 4. The fourth-order valence-corrected chi connectivity index (χ4v) is 1.01. The van der Waals surface area contributed by atoms with Crippen molar-refractivity contribution >= 4 is 17.0 Å². The zero-order valence-corrected chi connectivity index (χ0v) is 21.5. The van der Waals surface area contributed by atoms with Crippen molar-refractivity contribution in [1.82, 2.24) is 0 Å². The topological polar surface area (TPSA) is 42.3 Å². The standard InChI is InChI=1S/C5H5.3C4H10N.FGeH2.Zr/c1-2-4-5-3-1;3*1-3-5-4-2;1-2;/h1-3H,4H2;3*3-4H2,1-2H3;2H2;/q4*-1;;+4. The molecule has 0 saturated heterocycles. The van der Waals surface area contributed by atoms with Gasteiger partial charge < -0.3 is 16.0 Å². The molecule has 0 amide bonds. The van der Waals surface area contributed by atoms with Crippen LogP contribution in [0.1, 0.15) is 48.0 Å². The Balaban J connectivity index is -0.0000000595. The van der Waals surface area contributed by atoms with Gasteiger partial charge in [-0.25, -0.2) is 12.2 Å². The molecule has 0 aromatic rings. The molecule has 1 rings (SSSR count). The van der Waals surface area contributed by atoms with Crippen LogP contribution in [0.25, 0.3) is 16.0 Å². The monoisotopic (exact) mass is 466 g/mol. The van der Waals surface area contributed by atoms with Crippen molar-refractivity contribution in [3.8, 4) is 0 Å². The first-order valence-corrected chi connectivity index (χ1v) is 9.25. The molecule has 0 aromatic carbocycles. The maximum Gasteiger partial charge on any atom is 4.00 e. The first-order valence-electron chi connectivity index (χ1n) is 8.12. The SMILES string of the molecule is CC[N-]CC.CC[N-]CC.CC[N-]CC.[C-]1=CC=CC1.[F][GeH2].[Zr+4]. The van der Waals surface area contributed by atoms with E-state index in [0.29, 0.717) is 0 Å². The fourth-order valence-electron chi connectivity index (χ4n) is 1.01. The van der Waals surface area contributed by atoms with E-state index in [2.05, 4.69) is 28.1 Å². The summed E-state index contributed by atoms with van der Waals surface area (Å²) in [5.41, 5.74) is 0. The van der Waals surface area contributed by atoms with Gasteiger partial charge in [0.05, 0.1) is 0 Å². The summed E-state index contributed by atoms with van der Waals surface area (Å²) in [6, 6.07) is 0. The molecule has 135 valence electrons. The van der Waals surface area contributed by atoms with Crippen LogP contribution in [0.3, 0.4) is 0 Å². The minimum absolute atomic E-state index is 0. The molecule has 1 aliphatic rings. The number of halogens is 1. The van der Waals surface area contributed by atoms with Crippen LogP contribution in [0.15, 0.2) is 18.2 Å². The third-order valence-corrected chi connectivity index (χ3v) is 1.93. The van der Waals surface area contributed by atoms with Crippen LogP contribution in [0.2, 0.25) is 0 Å². The summed E-state index contributed by atoms with van der Waals surface area (Å²) < 4.78 is 9.62. The summed E-state index contributed by atoms with van der Waals surface area (Å²) in [4.78, 5) is 0. The predicted molar refractivity (Wildman–Crippen MR) is 105 cm³/mol. The Morgan fingerprint density at radius 1 is 0.783 bits per heavy atom. The van der Waals surface area contributed by atoms with Gasteiger partial charge in [-0.2, -0.15) is 45.3 Å². The Kier molecular flexibility index (Phi) is 75.1. The Morgan fingerprint density at radius 2 is 1.09 bits per heavy atom. The second-order valence-corrected chi connectivity index (χ2v) is 3.57. The van der Waals surface area contributed by atoms with Gasteiger partial charge in [0, 0.05) is 0 Å². The normalized spacial score (nSPS) is 9.57. The molecular formula is C17H37FGeN3Zr. The molecule has 0 saturated carbocycles. The van der Waals surface area contributed by atoms with Crippen molar-refractivity contribution in [3.63, 3.8) is 0 Å². The predicted octanol–water partition coefficient (Wildman–Crippen LogP) is 5.01. The van der Waals surface area contributed by atoms with Crippen LogP contribution in [-0.2, 0) is 26.2 Å². The third-order valence-electron chi connectivity index (χ3n) is 1.93. The van der Waals surface area contributed by atoms with Crippen molar-refractivity contribution in [3.05, 3.63) is 40.3 Å². The van der Waals surface area contributed by atoms with Gasteiger partial charge >= 0.3 is 46.7 Å². The van der Waals surface area contributed by atoms with Crippen LogP contribution in [0, 0.1) is 6.08 Å². The smallest absolute Gasteiger partial charge is 4.00 e. The van der Waals surface area contributed by atoms with E-state index in [1.807, 2.05) is 53.7 Å². The molecule has 0 N–H and O–H groups in total. The molecule has 0 atom stereocenters. The van der Waals surface area contributed by atoms with Gasteiger partial charge in [-0.3, -0.25) is 6.08 Å². The summed E-state index contributed by atoms with van der Waals surface area (Å²) in [6.45, 7) is 18.1. The van der Waals surface area contributed by atoms with Crippen molar-refractivity contribution in [1.29, 1.82) is 0 Å². The summed E-state index contributed by atoms with van der Waals surface area (Å²) in [5, 5.41) is 11.9. The fraction of sp³-hybridized carbons (Fsp3) is 0.765. The van der Waals surface area contributed by atoms with Gasteiger partial charge in [0.25, 0.3) is 0 Å². The van der Waals surface area contributed by atoms with E-state index in [1.165, 1.54) is 0 Å². The Bertz CT molecular complexity index is 164. The minimum Gasteiger partial charge on any atom is 4.00 e. The van der Waals surface area contributed by atoms with Crippen LogP contribution in [-0.4, -0.2) is 56.2 Å². The zero-order chi connectivity index (χ0) is 17.9. The summed E-state index contributed by atoms with van der Waals surface area (Å²) in [6.07, 6.45) is 10.0. The van der Waals surface area contributed by atoms with Crippen molar-refractivity contribution in [2.45, 2.75) is 48.0 Å². The summed E-state index contributed by atoms with van der Waals surface area (Å²) in [5.74, 6) is 0. The molecule has 1 aliphatic carbocycles. The molecular weight excluding hydrogens is 429 g/mol. The average Bonchev–Trinajstić information content (AvgIpc) is 3.13. The van der Waals surface area contributed by atoms with E-state index in [1.54, 1.807) is 0 Å². The van der Waals surface area contributed by atoms with Gasteiger partial charge in [-0.05, 0) is 0 Å². The Morgan fingerprint density at radius 3 is 1.13 bits per heavy atom.